The fraction of sp³-hybridized carbons (Fsp3) is 0.923. The third-order valence-corrected chi connectivity index (χ3v) is 4.09. The van der Waals surface area contributed by atoms with Gasteiger partial charge >= 0.3 is 5.97 Å². The summed E-state index contributed by atoms with van der Waals surface area (Å²) in [4.78, 5) is 11.6. The molecule has 0 spiro atoms. The molecule has 0 aromatic heterocycles. The van der Waals surface area contributed by atoms with Gasteiger partial charge in [0.05, 0.1) is 13.5 Å². The van der Waals surface area contributed by atoms with Gasteiger partial charge in [-0.1, -0.05) is 27.2 Å². The first-order chi connectivity index (χ1) is 7.47. The molecule has 1 unspecified atom stereocenters. The van der Waals surface area contributed by atoms with Crippen LogP contribution < -0.4 is 5.32 Å². The summed E-state index contributed by atoms with van der Waals surface area (Å²) in [6, 6.07) is 0. The first-order valence-corrected chi connectivity index (χ1v) is 6.29. The molecular weight excluding hydrogens is 202 g/mol. The van der Waals surface area contributed by atoms with E-state index in [-0.39, 0.29) is 16.9 Å². The number of hydrogen-bond acceptors (Lipinski definition) is 3. The van der Waals surface area contributed by atoms with Gasteiger partial charge in [0.15, 0.2) is 0 Å². The lowest BCUT2D eigenvalue weighted by Crippen LogP contribution is -2.54. The molecule has 1 atom stereocenters. The maximum Gasteiger partial charge on any atom is 0.307 e. The lowest BCUT2D eigenvalue weighted by atomic mass is 9.72. The van der Waals surface area contributed by atoms with E-state index in [0.717, 1.165) is 19.4 Å². The minimum absolute atomic E-state index is 0.0594. The van der Waals surface area contributed by atoms with E-state index in [1.54, 1.807) is 0 Å². The smallest absolute Gasteiger partial charge is 0.307 e. The quantitative estimate of drug-likeness (QED) is 0.733. The molecule has 0 bridgehead atoms. The lowest BCUT2D eigenvalue weighted by Gasteiger charge is -2.42. The highest BCUT2D eigenvalue weighted by molar-refractivity contribution is 5.71. The van der Waals surface area contributed by atoms with Gasteiger partial charge in [-0.25, -0.2) is 0 Å². The molecule has 0 heterocycles. The maximum absolute atomic E-state index is 11.6. The summed E-state index contributed by atoms with van der Waals surface area (Å²) in [5.41, 5.74) is 0.118. The predicted molar refractivity (Wildman–Crippen MR) is 65.3 cm³/mol. The molecule has 0 radical (unpaired) electrons. The van der Waals surface area contributed by atoms with Gasteiger partial charge in [-0.15, -0.1) is 0 Å². The van der Waals surface area contributed by atoms with Gasteiger partial charge in [0, 0.05) is 5.54 Å². The number of nitrogens with one attached hydrogen (secondary N) is 1. The van der Waals surface area contributed by atoms with Crippen LogP contribution in [0.4, 0.5) is 0 Å². The van der Waals surface area contributed by atoms with Crippen molar-refractivity contribution >= 4 is 5.97 Å². The number of carbonyl (C=O) groups excluding carboxylic acids is 1. The molecule has 1 fully saturated rings. The Bertz CT molecular complexity index is 250. The lowest BCUT2D eigenvalue weighted by molar-refractivity contribution is -0.143. The number of hydrogen-bond donors (Lipinski definition) is 1. The Hall–Kier alpha value is -0.570. The van der Waals surface area contributed by atoms with Gasteiger partial charge in [-0.05, 0) is 31.2 Å². The van der Waals surface area contributed by atoms with Crippen LogP contribution in [0.25, 0.3) is 0 Å². The van der Waals surface area contributed by atoms with Crippen LogP contribution in [0.3, 0.4) is 0 Å². The summed E-state index contributed by atoms with van der Waals surface area (Å²) < 4.78 is 4.83. The van der Waals surface area contributed by atoms with Crippen LogP contribution in [-0.4, -0.2) is 25.2 Å². The predicted octanol–water partition coefficient (Wildman–Crippen LogP) is 2.50. The van der Waals surface area contributed by atoms with Crippen LogP contribution in [0.2, 0.25) is 0 Å². The van der Waals surface area contributed by atoms with Crippen molar-refractivity contribution in [2.75, 3.05) is 13.7 Å². The van der Waals surface area contributed by atoms with Gasteiger partial charge in [0.25, 0.3) is 0 Å². The molecule has 3 heteroatoms. The molecule has 0 saturated heterocycles. The normalized spacial score (nSPS) is 28.0. The van der Waals surface area contributed by atoms with Gasteiger partial charge < -0.3 is 10.1 Å². The molecule has 0 amide bonds. The van der Waals surface area contributed by atoms with Gasteiger partial charge in [0.2, 0.25) is 0 Å². The summed E-state index contributed by atoms with van der Waals surface area (Å²) >= 11 is 0. The van der Waals surface area contributed by atoms with Crippen molar-refractivity contribution in [2.45, 2.75) is 58.4 Å². The molecule has 0 aromatic carbocycles. The largest absolute Gasteiger partial charge is 0.469 e. The molecule has 1 N–H and O–H groups in total. The molecule has 94 valence electrons. The molecule has 1 saturated carbocycles. The summed E-state index contributed by atoms with van der Waals surface area (Å²) in [5, 5.41) is 3.60. The van der Waals surface area contributed by atoms with Crippen LogP contribution in [0.15, 0.2) is 0 Å². The molecule has 0 aromatic rings. The van der Waals surface area contributed by atoms with E-state index in [2.05, 4.69) is 26.1 Å². The molecule has 1 aliphatic carbocycles. The van der Waals surface area contributed by atoms with Crippen molar-refractivity contribution in [3.05, 3.63) is 0 Å². The topological polar surface area (TPSA) is 38.3 Å². The van der Waals surface area contributed by atoms with Crippen molar-refractivity contribution in [3.8, 4) is 0 Å². The monoisotopic (exact) mass is 227 g/mol. The average molecular weight is 227 g/mol. The standard InChI is InChI=1S/C13H25NO2/c1-5-9-14-13(10-11(15)16-4)8-6-7-12(13,2)3/h14H,5-10H2,1-4H3. The van der Waals surface area contributed by atoms with Crippen molar-refractivity contribution in [1.29, 1.82) is 0 Å². The van der Waals surface area contributed by atoms with Crippen molar-refractivity contribution in [2.24, 2.45) is 5.41 Å². The van der Waals surface area contributed by atoms with E-state index in [4.69, 9.17) is 4.74 Å². The van der Waals surface area contributed by atoms with E-state index in [1.165, 1.54) is 20.0 Å². The van der Waals surface area contributed by atoms with E-state index < -0.39 is 0 Å². The van der Waals surface area contributed by atoms with Crippen molar-refractivity contribution < 1.29 is 9.53 Å². The SMILES string of the molecule is CCCNC1(CC(=O)OC)CCCC1(C)C. The Kier molecular flexibility index (Phi) is 4.36. The summed E-state index contributed by atoms with van der Waals surface area (Å²) in [6.45, 7) is 7.64. The maximum atomic E-state index is 11.6. The highest BCUT2D eigenvalue weighted by Crippen LogP contribution is 2.48. The Morgan fingerprint density at radius 2 is 2.06 bits per heavy atom. The Labute approximate surface area is 98.9 Å². The number of esters is 1. The summed E-state index contributed by atoms with van der Waals surface area (Å²) in [6.07, 6.45) is 5.05. The second-order valence-corrected chi connectivity index (χ2v) is 5.50. The van der Waals surface area contributed by atoms with E-state index >= 15 is 0 Å². The van der Waals surface area contributed by atoms with Crippen molar-refractivity contribution in [3.63, 3.8) is 0 Å². The Balaban J connectivity index is 2.79. The van der Waals surface area contributed by atoms with Gasteiger partial charge in [-0.2, -0.15) is 0 Å². The summed E-state index contributed by atoms with van der Waals surface area (Å²) in [7, 11) is 1.47. The number of rotatable bonds is 5. The van der Waals surface area contributed by atoms with Crippen LogP contribution >= 0.6 is 0 Å². The zero-order valence-electron chi connectivity index (χ0n) is 11.1. The third kappa shape index (κ3) is 2.57. The molecular formula is C13H25NO2. The highest BCUT2D eigenvalue weighted by atomic mass is 16.5. The van der Waals surface area contributed by atoms with Crippen LogP contribution in [-0.2, 0) is 9.53 Å². The van der Waals surface area contributed by atoms with Gasteiger partial charge in [0.1, 0.15) is 0 Å². The first kappa shape index (κ1) is 13.5. The fourth-order valence-electron chi connectivity index (χ4n) is 2.81. The first-order valence-electron chi connectivity index (χ1n) is 6.29. The Morgan fingerprint density at radius 1 is 1.38 bits per heavy atom. The van der Waals surface area contributed by atoms with Crippen LogP contribution in [0, 0.1) is 5.41 Å². The fourth-order valence-corrected chi connectivity index (χ4v) is 2.81. The van der Waals surface area contributed by atoms with E-state index in [0.29, 0.717) is 6.42 Å². The summed E-state index contributed by atoms with van der Waals surface area (Å²) in [5.74, 6) is -0.0985. The second-order valence-electron chi connectivity index (χ2n) is 5.50. The molecule has 3 nitrogen and oxygen atoms in total. The molecule has 16 heavy (non-hydrogen) atoms. The molecule has 1 rings (SSSR count). The third-order valence-electron chi connectivity index (χ3n) is 4.09. The number of methoxy groups -OCH3 is 1. The van der Waals surface area contributed by atoms with Gasteiger partial charge in [-0.3, -0.25) is 4.79 Å². The van der Waals surface area contributed by atoms with Crippen LogP contribution in [0.1, 0.15) is 52.9 Å². The molecule has 0 aliphatic heterocycles. The average Bonchev–Trinajstić information content (AvgIpc) is 2.51. The minimum Gasteiger partial charge on any atom is -0.469 e. The van der Waals surface area contributed by atoms with E-state index in [1.807, 2.05) is 0 Å². The number of ether oxygens (including phenoxy) is 1. The van der Waals surface area contributed by atoms with E-state index in [9.17, 15) is 4.79 Å². The Morgan fingerprint density at radius 3 is 2.50 bits per heavy atom. The molecule has 1 aliphatic rings. The minimum atomic E-state index is -0.0985. The zero-order valence-corrected chi connectivity index (χ0v) is 11.1. The number of carbonyl (C=O) groups is 1. The van der Waals surface area contributed by atoms with Crippen LogP contribution in [0.5, 0.6) is 0 Å². The second kappa shape index (κ2) is 5.17. The highest BCUT2D eigenvalue weighted by Gasteiger charge is 2.49. The zero-order chi connectivity index (χ0) is 12.2. The van der Waals surface area contributed by atoms with Crippen molar-refractivity contribution in [1.82, 2.24) is 5.32 Å².